The quantitative estimate of drug-likeness (QED) is 0.311. The highest BCUT2D eigenvalue weighted by atomic mass is 15.4. The lowest BCUT2D eigenvalue weighted by Gasteiger charge is -1.96. The summed E-state index contributed by atoms with van der Waals surface area (Å²) in [6.45, 7) is 1.86. The summed E-state index contributed by atoms with van der Waals surface area (Å²) in [5.74, 6) is 0.652. The van der Waals surface area contributed by atoms with Crippen molar-refractivity contribution >= 4 is 12.1 Å². The maximum atomic E-state index is 5.85. The van der Waals surface area contributed by atoms with E-state index in [2.05, 4.69) is 5.10 Å². The van der Waals surface area contributed by atoms with Crippen molar-refractivity contribution in [3.8, 4) is 0 Å². The van der Waals surface area contributed by atoms with Crippen LogP contribution in [0.3, 0.4) is 0 Å². The Morgan fingerprint density at radius 2 is 2.00 bits per heavy atom. The lowest BCUT2D eigenvalue weighted by molar-refractivity contribution is -0.502. The summed E-state index contributed by atoms with van der Waals surface area (Å²) in [6.07, 6.45) is 1.70. The van der Waals surface area contributed by atoms with Crippen LogP contribution in [-0.4, -0.2) is 23.8 Å². The minimum Gasteiger partial charge on any atom is -0.285 e. The number of nitrogens with zero attached hydrogens (tertiary/aromatic N) is 2. The van der Waals surface area contributed by atoms with Crippen molar-refractivity contribution in [1.82, 2.24) is 0 Å². The third kappa shape index (κ3) is 2.40. The van der Waals surface area contributed by atoms with Crippen LogP contribution in [0.1, 0.15) is 12.5 Å². The SMILES string of the molecule is CC=N[N+](C)=C(N)c1ccccc1. The summed E-state index contributed by atoms with van der Waals surface area (Å²) in [4.78, 5) is 0. The van der Waals surface area contributed by atoms with E-state index in [1.54, 1.807) is 10.9 Å². The molecule has 1 aromatic carbocycles. The zero-order valence-electron chi connectivity index (χ0n) is 7.94. The number of nitrogens with two attached hydrogens (primary N) is 1. The molecule has 0 aliphatic carbocycles. The highest BCUT2D eigenvalue weighted by Gasteiger charge is 2.05. The van der Waals surface area contributed by atoms with Crippen molar-refractivity contribution in [3.63, 3.8) is 0 Å². The van der Waals surface area contributed by atoms with Gasteiger partial charge >= 0.3 is 0 Å². The van der Waals surface area contributed by atoms with Gasteiger partial charge in [0.05, 0.1) is 5.56 Å². The fraction of sp³-hybridized carbons (Fsp3) is 0.200. The summed E-state index contributed by atoms with van der Waals surface area (Å²) < 4.78 is 1.65. The van der Waals surface area contributed by atoms with Crippen molar-refractivity contribution in [2.75, 3.05) is 7.05 Å². The summed E-state index contributed by atoms with van der Waals surface area (Å²) in [5.41, 5.74) is 6.84. The van der Waals surface area contributed by atoms with Gasteiger partial charge in [0, 0.05) is 6.21 Å². The number of benzene rings is 1. The number of rotatable bonds is 2. The van der Waals surface area contributed by atoms with Gasteiger partial charge in [-0.1, -0.05) is 23.3 Å². The van der Waals surface area contributed by atoms with Crippen molar-refractivity contribution in [3.05, 3.63) is 35.9 Å². The van der Waals surface area contributed by atoms with Crippen molar-refractivity contribution in [2.45, 2.75) is 6.92 Å². The van der Waals surface area contributed by atoms with Crippen LogP contribution in [0.15, 0.2) is 35.4 Å². The van der Waals surface area contributed by atoms with E-state index < -0.39 is 0 Å². The summed E-state index contributed by atoms with van der Waals surface area (Å²) in [6, 6.07) is 9.77. The molecule has 1 rings (SSSR count). The molecule has 68 valence electrons. The Labute approximate surface area is 78.2 Å². The predicted octanol–water partition coefficient (Wildman–Crippen LogP) is 1.04. The van der Waals surface area contributed by atoms with Gasteiger partial charge in [-0.05, 0) is 19.1 Å². The molecule has 0 fully saturated rings. The first-order valence-corrected chi connectivity index (χ1v) is 4.16. The molecule has 13 heavy (non-hydrogen) atoms. The van der Waals surface area contributed by atoms with Crippen molar-refractivity contribution < 1.29 is 4.68 Å². The molecule has 0 bridgehead atoms. The van der Waals surface area contributed by atoms with Crippen LogP contribution < -0.4 is 5.73 Å². The molecule has 0 saturated carbocycles. The monoisotopic (exact) mass is 176 g/mol. The van der Waals surface area contributed by atoms with Crippen LogP contribution in [0.4, 0.5) is 0 Å². The van der Waals surface area contributed by atoms with Crippen LogP contribution in [0.5, 0.6) is 0 Å². The van der Waals surface area contributed by atoms with Crippen LogP contribution in [-0.2, 0) is 0 Å². The lowest BCUT2D eigenvalue weighted by Crippen LogP contribution is -2.23. The van der Waals surface area contributed by atoms with Crippen LogP contribution >= 0.6 is 0 Å². The molecule has 0 unspecified atom stereocenters. The van der Waals surface area contributed by atoms with Crippen LogP contribution in [0.25, 0.3) is 0 Å². The average molecular weight is 176 g/mol. The maximum absolute atomic E-state index is 5.85. The van der Waals surface area contributed by atoms with Gasteiger partial charge < -0.3 is 0 Å². The Morgan fingerprint density at radius 3 is 2.54 bits per heavy atom. The molecular weight excluding hydrogens is 162 g/mol. The molecule has 0 heterocycles. The topological polar surface area (TPSA) is 41.4 Å². The fourth-order valence-electron chi connectivity index (χ4n) is 1.03. The summed E-state index contributed by atoms with van der Waals surface area (Å²) >= 11 is 0. The first kappa shape index (κ1) is 9.45. The molecule has 0 aromatic heterocycles. The van der Waals surface area contributed by atoms with E-state index in [0.29, 0.717) is 5.84 Å². The maximum Gasteiger partial charge on any atom is 0.300 e. The van der Waals surface area contributed by atoms with Gasteiger partial charge in [-0.15, -0.1) is 4.68 Å². The molecule has 2 N–H and O–H groups in total. The normalized spacial score (nSPS) is 13.1. The standard InChI is InChI=1S/C10H13N3/c1-3-12-13(2)10(11)9-7-5-4-6-8-9/h3-8,11H,1-2H3/p+1. The highest BCUT2D eigenvalue weighted by molar-refractivity contribution is 5.93. The Hall–Kier alpha value is -1.64. The smallest absolute Gasteiger partial charge is 0.285 e. The van der Waals surface area contributed by atoms with Gasteiger partial charge in [-0.25, -0.2) is 0 Å². The number of amidine groups is 1. The summed E-state index contributed by atoms with van der Waals surface area (Å²) in [5, 5.41) is 4.05. The fourth-order valence-corrected chi connectivity index (χ4v) is 1.03. The van der Waals surface area contributed by atoms with E-state index in [1.165, 1.54) is 0 Å². The molecule has 3 nitrogen and oxygen atoms in total. The Balaban J connectivity index is 3.03. The number of hydrogen-bond donors (Lipinski definition) is 1. The molecule has 0 radical (unpaired) electrons. The zero-order valence-corrected chi connectivity index (χ0v) is 7.94. The first-order chi connectivity index (χ1) is 6.25. The van der Waals surface area contributed by atoms with Gasteiger partial charge in [0.25, 0.3) is 5.84 Å². The molecular formula is C10H14N3+. The second kappa shape index (κ2) is 4.40. The van der Waals surface area contributed by atoms with Gasteiger partial charge in [0.2, 0.25) is 0 Å². The molecule has 0 saturated heterocycles. The van der Waals surface area contributed by atoms with Gasteiger partial charge in [-0.3, -0.25) is 5.73 Å². The van der Waals surface area contributed by atoms with Crippen molar-refractivity contribution in [2.24, 2.45) is 10.8 Å². The third-order valence-electron chi connectivity index (χ3n) is 1.71. The van der Waals surface area contributed by atoms with Crippen molar-refractivity contribution in [1.29, 1.82) is 0 Å². The first-order valence-electron chi connectivity index (χ1n) is 4.16. The van der Waals surface area contributed by atoms with E-state index in [1.807, 2.05) is 44.3 Å². The van der Waals surface area contributed by atoms with Crippen LogP contribution in [0.2, 0.25) is 0 Å². The second-order valence-corrected chi connectivity index (χ2v) is 2.65. The summed E-state index contributed by atoms with van der Waals surface area (Å²) in [7, 11) is 1.82. The molecule has 0 spiro atoms. The molecule has 0 aliphatic rings. The molecule has 0 amide bonds. The Kier molecular flexibility index (Phi) is 3.20. The van der Waals surface area contributed by atoms with Gasteiger partial charge in [0.1, 0.15) is 7.05 Å². The molecule has 3 heteroatoms. The molecule has 0 aliphatic heterocycles. The average Bonchev–Trinajstić information content (AvgIpc) is 2.18. The van der Waals surface area contributed by atoms with E-state index in [9.17, 15) is 0 Å². The zero-order chi connectivity index (χ0) is 9.68. The second-order valence-electron chi connectivity index (χ2n) is 2.65. The predicted molar refractivity (Wildman–Crippen MR) is 55.1 cm³/mol. The number of hydrazone groups is 1. The van der Waals surface area contributed by atoms with E-state index in [-0.39, 0.29) is 0 Å². The Morgan fingerprint density at radius 1 is 1.38 bits per heavy atom. The molecule has 1 aromatic rings. The van der Waals surface area contributed by atoms with E-state index >= 15 is 0 Å². The van der Waals surface area contributed by atoms with Crippen LogP contribution in [0, 0.1) is 0 Å². The minimum absolute atomic E-state index is 0.652. The van der Waals surface area contributed by atoms with Gasteiger partial charge in [0.15, 0.2) is 0 Å². The lowest BCUT2D eigenvalue weighted by atomic mass is 10.2. The third-order valence-corrected chi connectivity index (χ3v) is 1.71. The Bertz CT molecular complexity index is 325. The highest BCUT2D eigenvalue weighted by Crippen LogP contribution is 1.96. The van der Waals surface area contributed by atoms with E-state index in [4.69, 9.17) is 5.73 Å². The largest absolute Gasteiger partial charge is 0.300 e. The number of hydrogen-bond acceptors (Lipinski definition) is 1. The van der Waals surface area contributed by atoms with E-state index in [0.717, 1.165) is 5.56 Å². The minimum atomic E-state index is 0.652. The molecule has 0 atom stereocenters. The van der Waals surface area contributed by atoms with Gasteiger partial charge in [-0.2, -0.15) is 0 Å².